The summed E-state index contributed by atoms with van der Waals surface area (Å²) in [5, 5.41) is 13.1. The van der Waals surface area contributed by atoms with E-state index >= 15 is 0 Å². The second-order valence-corrected chi connectivity index (χ2v) is 4.16. The third kappa shape index (κ3) is 2.03. The Morgan fingerprint density at radius 3 is 2.88 bits per heavy atom. The zero-order valence-corrected chi connectivity index (χ0v) is 9.21. The van der Waals surface area contributed by atoms with E-state index in [0.29, 0.717) is 11.6 Å². The standard InChI is InChI=1S/C11H13N3O2/c1-7(2)5-8-3-4-10-12-9(11(15)16)6-14(10)13-8/h3-4,6-7H,5H2,1-2H3,(H,15,16). The Morgan fingerprint density at radius 2 is 2.25 bits per heavy atom. The van der Waals surface area contributed by atoms with Gasteiger partial charge >= 0.3 is 5.97 Å². The van der Waals surface area contributed by atoms with Crippen molar-refractivity contribution in [3.05, 3.63) is 29.7 Å². The van der Waals surface area contributed by atoms with E-state index in [0.717, 1.165) is 12.1 Å². The zero-order chi connectivity index (χ0) is 11.7. The minimum Gasteiger partial charge on any atom is -0.476 e. The molecule has 0 saturated carbocycles. The molecule has 5 heteroatoms. The van der Waals surface area contributed by atoms with Crippen LogP contribution in [0.3, 0.4) is 0 Å². The fourth-order valence-electron chi connectivity index (χ4n) is 1.55. The number of carboxylic acids is 1. The number of rotatable bonds is 3. The van der Waals surface area contributed by atoms with Gasteiger partial charge in [0.15, 0.2) is 11.3 Å². The molecule has 0 aliphatic heterocycles. The van der Waals surface area contributed by atoms with E-state index in [9.17, 15) is 4.79 Å². The molecule has 0 fully saturated rings. The quantitative estimate of drug-likeness (QED) is 0.851. The van der Waals surface area contributed by atoms with Crippen LogP contribution in [0, 0.1) is 5.92 Å². The van der Waals surface area contributed by atoms with Crippen molar-refractivity contribution < 1.29 is 9.90 Å². The second-order valence-electron chi connectivity index (χ2n) is 4.16. The summed E-state index contributed by atoms with van der Waals surface area (Å²) >= 11 is 0. The lowest BCUT2D eigenvalue weighted by Crippen LogP contribution is -2.01. The lowest BCUT2D eigenvalue weighted by atomic mass is 10.1. The van der Waals surface area contributed by atoms with Crippen molar-refractivity contribution >= 4 is 11.6 Å². The average Bonchev–Trinajstić information content (AvgIpc) is 2.59. The van der Waals surface area contributed by atoms with Gasteiger partial charge in [-0.15, -0.1) is 0 Å². The van der Waals surface area contributed by atoms with Crippen molar-refractivity contribution in [2.24, 2.45) is 5.92 Å². The summed E-state index contributed by atoms with van der Waals surface area (Å²) in [5.74, 6) is -0.511. The molecule has 0 saturated heterocycles. The van der Waals surface area contributed by atoms with E-state index in [1.54, 1.807) is 6.07 Å². The summed E-state index contributed by atoms with van der Waals surface area (Å²) in [4.78, 5) is 14.7. The molecule has 0 amide bonds. The molecule has 2 aromatic heterocycles. The van der Waals surface area contributed by atoms with Gasteiger partial charge in [0, 0.05) is 0 Å². The van der Waals surface area contributed by atoms with Gasteiger partial charge in [-0.2, -0.15) is 5.10 Å². The first-order chi connectivity index (χ1) is 7.56. The van der Waals surface area contributed by atoms with Gasteiger partial charge in [-0.3, -0.25) is 0 Å². The maximum atomic E-state index is 10.7. The summed E-state index contributed by atoms with van der Waals surface area (Å²) in [5.41, 5.74) is 1.52. The number of hydrogen-bond acceptors (Lipinski definition) is 3. The fraction of sp³-hybridized carbons (Fsp3) is 0.364. The Balaban J connectivity index is 2.41. The van der Waals surface area contributed by atoms with Crippen LogP contribution in [-0.2, 0) is 6.42 Å². The normalized spacial score (nSPS) is 11.2. The van der Waals surface area contributed by atoms with Gasteiger partial charge in [-0.1, -0.05) is 13.8 Å². The average molecular weight is 219 g/mol. The topological polar surface area (TPSA) is 67.5 Å². The van der Waals surface area contributed by atoms with Crippen molar-refractivity contribution in [3.63, 3.8) is 0 Å². The van der Waals surface area contributed by atoms with Crippen LogP contribution in [0.15, 0.2) is 18.3 Å². The third-order valence-electron chi connectivity index (χ3n) is 2.21. The molecule has 2 heterocycles. The van der Waals surface area contributed by atoms with Gasteiger partial charge in [0.1, 0.15) is 0 Å². The first-order valence-corrected chi connectivity index (χ1v) is 5.15. The van der Waals surface area contributed by atoms with Crippen LogP contribution in [0.25, 0.3) is 5.65 Å². The molecule has 84 valence electrons. The van der Waals surface area contributed by atoms with Crippen molar-refractivity contribution in [1.82, 2.24) is 14.6 Å². The van der Waals surface area contributed by atoms with Crippen LogP contribution in [0.1, 0.15) is 30.0 Å². The van der Waals surface area contributed by atoms with Crippen LogP contribution in [-0.4, -0.2) is 25.7 Å². The Morgan fingerprint density at radius 1 is 1.50 bits per heavy atom. The molecular formula is C11H13N3O2. The number of carboxylic acid groups (broad SMARTS) is 1. The minimum atomic E-state index is -1.03. The Bertz CT molecular complexity index is 531. The SMILES string of the molecule is CC(C)Cc1ccc2nc(C(=O)O)cn2n1. The molecule has 0 aliphatic rings. The highest BCUT2D eigenvalue weighted by molar-refractivity contribution is 5.85. The van der Waals surface area contributed by atoms with Gasteiger partial charge < -0.3 is 5.11 Å². The maximum absolute atomic E-state index is 10.7. The zero-order valence-electron chi connectivity index (χ0n) is 9.21. The molecule has 0 radical (unpaired) electrons. The first-order valence-electron chi connectivity index (χ1n) is 5.15. The third-order valence-corrected chi connectivity index (χ3v) is 2.21. The van der Waals surface area contributed by atoms with Gasteiger partial charge in [0.25, 0.3) is 0 Å². The van der Waals surface area contributed by atoms with Gasteiger partial charge in [0.2, 0.25) is 0 Å². The highest BCUT2D eigenvalue weighted by Crippen LogP contribution is 2.08. The molecular weight excluding hydrogens is 206 g/mol. The summed E-state index contributed by atoms with van der Waals surface area (Å²) in [6.07, 6.45) is 2.30. The Hall–Kier alpha value is -1.91. The maximum Gasteiger partial charge on any atom is 0.356 e. The monoisotopic (exact) mass is 219 g/mol. The summed E-state index contributed by atoms with van der Waals surface area (Å²) in [6, 6.07) is 3.67. The van der Waals surface area contributed by atoms with Crippen molar-refractivity contribution in [2.45, 2.75) is 20.3 Å². The van der Waals surface area contributed by atoms with Crippen molar-refractivity contribution in [3.8, 4) is 0 Å². The molecule has 0 bridgehead atoms. The smallest absolute Gasteiger partial charge is 0.356 e. The van der Waals surface area contributed by atoms with Crippen molar-refractivity contribution in [2.75, 3.05) is 0 Å². The van der Waals surface area contributed by atoms with Crippen LogP contribution >= 0.6 is 0 Å². The molecule has 5 nitrogen and oxygen atoms in total. The van der Waals surface area contributed by atoms with Gasteiger partial charge in [0.05, 0.1) is 11.9 Å². The van der Waals surface area contributed by atoms with Crippen LogP contribution < -0.4 is 0 Å². The Kier molecular flexibility index (Phi) is 2.60. The number of imidazole rings is 1. The number of hydrogen-bond donors (Lipinski definition) is 1. The fourth-order valence-corrected chi connectivity index (χ4v) is 1.55. The molecule has 0 spiro atoms. The lowest BCUT2D eigenvalue weighted by Gasteiger charge is -2.03. The minimum absolute atomic E-state index is 0.0224. The lowest BCUT2D eigenvalue weighted by molar-refractivity contribution is 0.0691. The summed E-state index contributed by atoms with van der Waals surface area (Å²) in [7, 11) is 0. The van der Waals surface area contributed by atoms with Gasteiger partial charge in [-0.25, -0.2) is 14.3 Å². The first kappa shape index (κ1) is 10.6. The molecule has 16 heavy (non-hydrogen) atoms. The van der Waals surface area contributed by atoms with Gasteiger partial charge in [-0.05, 0) is 24.5 Å². The van der Waals surface area contributed by atoms with E-state index in [1.807, 2.05) is 6.07 Å². The number of carbonyl (C=O) groups is 1. The largest absolute Gasteiger partial charge is 0.476 e. The van der Waals surface area contributed by atoms with E-state index in [1.165, 1.54) is 10.7 Å². The molecule has 2 aromatic rings. The van der Waals surface area contributed by atoms with Crippen LogP contribution in [0.2, 0.25) is 0 Å². The highest BCUT2D eigenvalue weighted by atomic mass is 16.4. The highest BCUT2D eigenvalue weighted by Gasteiger charge is 2.09. The predicted octanol–water partition coefficient (Wildman–Crippen LogP) is 1.63. The van der Waals surface area contributed by atoms with E-state index in [4.69, 9.17) is 5.11 Å². The molecule has 0 unspecified atom stereocenters. The molecule has 0 atom stereocenters. The van der Waals surface area contributed by atoms with Crippen LogP contribution in [0.4, 0.5) is 0 Å². The number of nitrogens with zero attached hydrogens (tertiary/aromatic N) is 3. The Labute approximate surface area is 92.7 Å². The molecule has 0 aliphatic carbocycles. The van der Waals surface area contributed by atoms with E-state index in [2.05, 4.69) is 23.9 Å². The van der Waals surface area contributed by atoms with Crippen LogP contribution in [0.5, 0.6) is 0 Å². The van der Waals surface area contributed by atoms with E-state index < -0.39 is 5.97 Å². The van der Waals surface area contributed by atoms with E-state index in [-0.39, 0.29) is 5.69 Å². The number of aromatic nitrogens is 3. The predicted molar refractivity (Wildman–Crippen MR) is 58.5 cm³/mol. The number of fused-ring (bicyclic) bond motifs is 1. The second kappa shape index (κ2) is 3.92. The van der Waals surface area contributed by atoms with Crippen molar-refractivity contribution in [1.29, 1.82) is 0 Å². The number of aromatic carboxylic acids is 1. The molecule has 0 aromatic carbocycles. The molecule has 2 rings (SSSR count). The summed E-state index contributed by atoms with van der Waals surface area (Å²) < 4.78 is 1.52. The summed E-state index contributed by atoms with van der Waals surface area (Å²) in [6.45, 7) is 4.23. The molecule has 1 N–H and O–H groups in total.